The van der Waals surface area contributed by atoms with Gasteiger partial charge in [-0.1, -0.05) is 6.08 Å². The lowest BCUT2D eigenvalue weighted by atomic mass is 10.3. The number of nitrogens with one attached hydrogen (secondary N) is 1. The molecule has 86 valence electrons. The van der Waals surface area contributed by atoms with E-state index in [4.69, 9.17) is 9.47 Å². The lowest BCUT2D eigenvalue weighted by Gasteiger charge is -2.03. The van der Waals surface area contributed by atoms with Crippen LogP contribution in [-0.2, 0) is 14.3 Å². The first-order chi connectivity index (χ1) is 7.33. The Morgan fingerprint density at radius 3 is 3.07 bits per heavy atom. The summed E-state index contributed by atoms with van der Waals surface area (Å²) in [6, 6.07) is 0. The normalized spacial score (nSPS) is 19.4. The third kappa shape index (κ3) is 7.11. The van der Waals surface area contributed by atoms with Gasteiger partial charge in [0.05, 0.1) is 13.2 Å². The number of ether oxygens (including phenoxy) is 2. The molecular formula is C11H19NO3. The Labute approximate surface area is 90.6 Å². The summed E-state index contributed by atoms with van der Waals surface area (Å²) in [4.78, 5) is 11.0. The van der Waals surface area contributed by atoms with Crippen molar-refractivity contribution in [2.75, 3.05) is 26.4 Å². The van der Waals surface area contributed by atoms with Crippen molar-refractivity contribution in [3.05, 3.63) is 12.2 Å². The molecule has 0 spiro atoms. The highest BCUT2D eigenvalue weighted by Gasteiger charge is 2.21. The average molecular weight is 213 g/mol. The fraction of sp³-hybridized carbons (Fsp3) is 0.727. The highest BCUT2D eigenvalue weighted by molar-refractivity contribution is 5.87. The Hall–Kier alpha value is -0.870. The molecule has 15 heavy (non-hydrogen) atoms. The molecule has 1 aliphatic rings. The van der Waals surface area contributed by atoms with Gasteiger partial charge in [0, 0.05) is 13.2 Å². The SMILES string of the molecule is CC=CC(=O)NCCCCOCC1CO1. The molecule has 1 unspecified atom stereocenters. The first-order valence-corrected chi connectivity index (χ1v) is 5.43. The number of allylic oxidation sites excluding steroid dienone is 1. The fourth-order valence-corrected chi connectivity index (χ4v) is 1.13. The van der Waals surface area contributed by atoms with Crippen LogP contribution >= 0.6 is 0 Å². The number of rotatable bonds is 8. The summed E-state index contributed by atoms with van der Waals surface area (Å²) in [7, 11) is 0. The van der Waals surface area contributed by atoms with Crippen LogP contribution in [0.1, 0.15) is 19.8 Å². The minimum Gasteiger partial charge on any atom is -0.379 e. The minimum atomic E-state index is -0.0233. The molecule has 1 fully saturated rings. The number of unbranched alkanes of at least 4 members (excludes halogenated alkanes) is 1. The van der Waals surface area contributed by atoms with Crippen LogP contribution < -0.4 is 5.32 Å². The summed E-state index contributed by atoms with van der Waals surface area (Å²) in [6.45, 7) is 4.85. The third-order valence-electron chi connectivity index (χ3n) is 2.04. The van der Waals surface area contributed by atoms with Gasteiger partial charge < -0.3 is 14.8 Å². The Morgan fingerprint density at radius 1 is 1.60 bits per heavy atom. The van der Waals surface area contributed by atoms with E-state index in [-0.39, 0.29) is 5.91 Å². The molecule has 0 aromatic rings. The molecule has 4 heteroatoms. The lowest BCUT2D eigenvalue weighted by Crippen LogP contribution is -2.22. The zero-order valence-electron chi connectivity index (χ0n) is 9.20. The van der Waals surface area contributed by atoms with Gasteiger partial charge in [0.15, 0.2) is 0 Å². The number of amides is 1. The smallest absolute Gasteiger partial charge is 0.243 e. The highest BCUT2D eigenvalue weighted by atomic mass is 16.6. The predicted octanol–water partition coefficient (Wildman–Crippen LogP) is 0.874. The van der Waals surface area contributed by atoms with Gasteiger partial charge in [0.2, 0.25) is 5.91 Å². The molecule has 1 N–H and O–H groups in total. The second kappa shape index (κ2) is 7.43. The van der Waals surface area contributed by atoms with E-state index in [0.29, 0.717) is 19.3 Å². The summed E-state index contributed by atoms with van der Waals surface area (Å²) >= 11 is 0. The summed E-state index contributed by atoms with van der Waals surface area (Å²) in [5.41, 5.74) is 0. The Balaban J connectivity index is 1.77. The van der Waals surface area contributed by atoms with Crippen LogP contribution in [0.25, 0.3) is 0 Å². The van der Waals surface area contributed by atoms with Crippen LogP contribution in [0.15, 0.2) is 12.2 Å². The van der Waals surface area contributed by atoms with Crippen molar-refractivity contribution >= 4 is 5.91 Å². The van der Waals surface area contributed by atoms with Crippen LogP contribution in [0.3, 0.4) is 0 Å². The first-order valence-electron chi connectivity index (χ1n) is 5.43. The highest BCUT2D eigenvalue weighted by Crippen LogP contribution is 2.08. The monoisotopic (exact) mass is 213 g/mol. The van der Waals surface area contributed by atoms with Crippen LogP contribution in [0.2, 0.25) is 0 Å². The molecule has 0 bridgehead atoms. The zero-order valence-corrected chi connectivity index (χ0v) is 9.20. The number of epoxide rings is 1. The number of carbonyl (C=O) groups excluding carboxylic acids is 1. The van der Waals surface area contributed by atoms with Crippen LogP contribution in [0.4, 0.5) is 0 Å². The van der Waals surface area contributed by atoms with Crippen molar-refractivity contribution < 1.29 is 14.3 Å². The van der Waals surface area contributed by atoms with Gasteiger partial charge in [-0.15, -0.1) is 0 Å². The molecule has 1 aliphatic heterocycles. The van der Waals surface area contributed by atoms with E-state index >= 15 is 0 Å². The largest absolute Gasteiger partial charge is 0.379 e. The van der Waals surface area contributed by atoms with E-state index in [1.54, 1.807) is 6.08 Å². The minimum absolute atomic E-state index is 0.0233. The van der Waals surface area contributed by atoms with Gasteiger partial charge >= 0.3 is 0 Å². The number of carbonyl (C=O) groups is 1. The molecule has 0 radical (unpaired) electrons. The number of hydrogen-bond acceptors (Lipinski definition) is 3. The lowest BCUT2D eigenvalue weighted by molar-refractivity contribution is -0.116. The molecule has 0 aromatic carbocycles. The standard InChI is InChI=1S/C11H19NO3/c1-2-5-11(13)12-6-3-4-7-14-8-10-9-15-10/h2,5,10H,3-4,6-9H2,1H3,(H,12,13). The van der Waals surface area contributed by atoms with Gasteiger partial charge in [-0.05, 0) is 25.8 Å². The van der Waals surface area contributed by atoms with Gasteiger partial charge in [-0.25, -0.2) is 0 Å². The topological polar surface area (TPSA) is 50.9 Å². The zero-order chi connectivity index (χ0) is 10.9. The molecule has 1 heterocycles. The van der Waals surface area contributed by atoms with Crippen molar-refractivity contribution in [2.45, 2.75) is 25.9 Å². The van der Waals surface area contributed by atoms with E-state index in [0.717, 1.165) is 26.1 Å². The summed E-state index contributed by atoms with van der Waals surface area (Å²) in [5, 5.41) is 2.79. The van der Waals surface area contributed by atoms with Gasteiger partial charge in [-0.3, -0.25) is 4.79 Å². The summed E-state index contributed by atoms with van der Waals surface area (Å²) in [6.07, 6.45) is 5.53. The molecule has 0 saturated carbocycles. The van der Waals surface area contributed by atoms with Gasteiger partial charge in [0.25, 0.3) is 0 Å². The Bertz CT molecular complexity index is 212. The first kappa shape index (κ1) is 12.2. The molecule has 0 aromatic heterocycles. The van der Waals surface area contributed by atoms with Gasteiger partial charge in [0.1, 0.15) is 6.10 Å². The van der Waals surface area contributed by atoms with E-state index in [1.807, 2.05) is 6.92 Å². The molecule has 1 amide bonds. The predicted molar refractivity (Wildman–Crippen MR) is 57.6 cm³/mol. The average Bonchev–Trinajstić information content (AvgIpc) is 3.00. The molecule has 1 atom stereocenters. The van der Waals surface area contributed by atoms with Crippen LogP contribution in [0, 0.1) is 0 Å². The van der Waals surface area contributed by atoms with Gasteiger partial charge in [-0.2, -0.15) is 0 Å². The third-order valence-corrected chi connectivity index (χ3v) is 2.04. The van der Waals surface area contributed by atoms with Crippen molar-refractivity contribution in [2.24, 2.45) is 0 Å². The second-order valence-electron chi connectivity index (χ2n) is 3.53. The summed E-state index contributed by atoms with van der Waals surface area (Å²) < 4.78 is 10.4. The quantitative estimate of drug-likeness (QED) is 0.370. The van der Waals surface area contributed by atoms with E-state index in [2.05, 4.69) is 5.32 Å². The van der Waals surface area contributed by atoms with Crippen molar-refractivity contribution in [1.29, 1.82) is 0 Å². The van der Waals surface area contributed by atoms with Crippen molar-refractivity contribution in [3.63, 3.8) is 0 Å². The van der Waals surface area contributed by atoms with Crippen LogP contribution in [0.5, 0.6) is 0 Å². The van der Waals surface area contributed by atoms with E-state index < -0.39 is 0 Å². The maximum atomic E-state index is 11.0. The summed E-state index contributed by atoms with van der Waals surface area (Å²) in [5.74, 6) is -0.0233. The van der Waals surface area contributed by atoms with Crippen LogP contribution in [-0.4, -0.2) is 38.4 Å². The van der Waals surface area contributed by atoms with Crippen molar-refractivity contribution in [3.8, 4) is 0 Å². The molecule has 4 nitrogen and oxygen atoms in total. The maximum absolute atomic E-state index is 11.0. The Kier molecular flexibility index (Phi) is 6.04. The van der Waals surface area contributed by atoms with E-state index in [9.17, 15) is 4.79 Å². The molecule has 1 saturated heterocycles. The fourth-order valence-electron chi connectivity index (χ4n) is 1.13. The molecular weight excluding hydrogens is 194 g/mol. The van der Waals surface area contributed by atoms with E-state index in [1.165, 1.54) is 6.08 Å². The molecule has 0 aliphatic carbocycles. The number of hydrogen-bond donors (Lipinski definition) is 1. The maximum Gasteiger partial charge on any atom is 0.243 e. The van der Waals surface area contributed by atoms with Crippen molar-refractivity contribution in [1.82, 2.24) is 5.32 Å². The second-order valence-corrected chi connectivity index (χ2v) is 3.53. The molecule has 1 rings (SSSR count). The Morgan fingerprint density at radius 2 is 2.40 bits per heavy atom.